The van der Waals surface area contributed by atoms with Crippen LogP contribution in [-0.4, -0.2) is 41.7 Å². The number of benzene rings is 1. The number of ether oxygens (including phenoxy) is 1. The average Bonchev–Trinajstić information content (AvgIpc) is 3.36. The van der Waals surface area contributed by atoms with Gasteiger partial charge in [-0.1, -0.05) is 0 Å². The highest BCUT2D eigenvalue weighted by Crippen LogP contribution is 2.26. The maximum absolute atomic E-state index is 12.7. The zero-order chi connectivity index (χ0) is 18.1. The third-order valence-electron chi connectivity index (χ3n) is 4.65. The highest BCUT2D eigenvalue weighted by Gasteiger charge is 2.26. The molecule has 1 aromatic heterocycles. The van der Waals surface area contributed by atoms with E-state index in [-0.39, 0.29) is 17.9 Å². The molecule has 0 bridgehead atoms. The molecule has 0 spiro atoms. The van der Waals surface area contributed by atoms with Gasteiger partial charge in [-0.3, -0.25) is 14.7 Å². The van der Waals surface area contributed by atoms with Crippen molar-refractivity contribution < 1.29 is 14.3 Å². The molecular formula is C18H21N5O3. The summed E-state index contributed by atoms with van der Waals surface area (Å²) in [6, 6.07) is 5.25. The van der Waals surface area contributed by atoms with Crippen molar-refractivity contribution in [2.24, 2.45) is 0 Å². The van der Waals surface area contributed by atoms with Gasteiger partial charge in [0.1, 0.15) is 5.75 Å². The lowest BCUT2D eigenvalue weighted by molar-refractivity contribution is 0.0951. The zero-order valence-electron chi connectivity index (χ0n) is 14.5. The van der Waals surface area contributed by atoms with Gasteiger partial charge in [-0.25, -0.2) is 0 Å². The van der Waals surface area contributed by atoms with Crippen LogP contribution in [0.1, 0.15) is 44.9 Å². The predicted molar refractivity (Wildman–Crippen MR) is 95.4 cm³/mol. The van der Waals surface area contributed by atoms with Crippen LogP contribution in [-0.2, 0) is 13.0 Å². The Balaban J connectivity index is 1.59. The van der Waals surface area contributed by atoms with Crippen molar-refractivity contribution in [1.82, 2.24) is 20.8 Å². The number of carbonyl (C=O) groups is 2. The Kier molecular flexibility index (Phi) is 4.34. The number of aromatic nitrogens is 2. The number of amides is 2. The molecule has 1 aliphatic heterocycles. The average molecular weight is 355 g/mol. The number of H-pyrrole nitrogens is 1. The summed E-state index contributed by atoms with van der Waals surface area (Å²) in [5.74, 6) is 0.00885. The molecule has 8 heteroatoms. The number of aromatic amines is 1. The maximum atomic E-state index is 12.7. The van der Waals surface area contributed by atoms with Gasteiger partial charge in [-0.15, -0.1) is 0 Å². The molecule has 2 aliphatic rings. The monoisotopic (exact) mass is 355 g/mol. The van der Waals surface area contributed by atoms with E-state index in [0.717, 1.165) is 37.1 Å². The Morgan fingerprint density at radius 2 is 2.12 bits per heavy atom. The molecule has 26 heavy (non-hydrogen) atoms. The van der Waals surface area contributed by atoms with Crippen molar-refractivity contribution in [3.8, 4) is 5.75 Å². The molecule has 4 rings (SSSR count). The summed E-state index contributed by atoms with van der Waals surface area (Å²) in [7, 11) is 1.54. The molecule has 0 unspecified atom stereocenters. The largest absolute Gasteiger partial charge is 0.497 e. The summed E-state index contributed by atoms with van der Waals surface area (Å²) in [5.41, 5.74) is 3.04. The van der Waals surface area contributed by atoms with Crippen molar-refractivity contribution in [1.29, 1.82) is 0 Å². The Morgan fingerprint density at radius 1 is 1.27 bits per heavy atom. The molecule has 0 atom stereocenters. The number of hydrogen-bond acceptors (Lipinski definition) is 5. The van der Waals surface area contributed by atoms with Crippen molar-refractivity contribution in [2.45, 2.75) is 31.8 Å². The van der Waals surface area contributed by atoms with E-state index in [2.05, 4.69) is 26.1 Å². The van der Waals surface area contributed by atoms with Crippen LogP contribution < -0.4 is 20.7 Å². The first kappa shape index (κ1) is 16.6. The van der Waals surface area contributed by atoms with E-state index in [1.165, 1.54) is 0 Å². The van der Waals surface area contributed by atoms with Gasteiger partial charge < -0.3 is 20.7 Å². The van der Waals surface area contributed by atoms with Crippen LogP contribution in [0.3, 0.4) is 0 Å². The molecule has 8 nitrogen and oxygen atoms in total. The zero-order valence-corrected chi connectivity index (χ0v) is 14.5. The molecule has 1 fully saturated rings. The number of carbonyl (C=O) groups excluding carboxylic acids is 2. The number of nitrogens with zero attached hydrogens (tertiary/aromatic N) is 1. The Labute approximate surface area is 150 Å². The fraction of sp³-hybridized carbons (Fsp3) is 0.389. The number of hydrogen-bond donors (Lipinski definition) is 4. The number of nitrogens with one attached hydrogen (secondary N) is 4. The van der Waals surface area contributed by atoms with Crippen molar-refractivity contribution in [3.63, 3.8) is 0 Å². The Bertz CT molecular complexity index is 857. The number of methoxy groups -OCH3 is 1. The van der Waals surface area contributed by atoms with E-state index >= 15 is 0 Å². The smallest absolute Gasteiger partial charge is 0.276 e. The molecule has 2 amide bonds. The van der Waals surface area contributed by atoms with Crippen LogP contribution in [0.15, 0.2) is 18.2 Å². The summed E-state index contributed by atoms with van der Waals surface area (Å²) in [5, 5.41) is 16.1. The van der Waals surface area contributed by atoms with Gasteiger partial charge in [-0.05, 0) is 31.0 Å². The number of anilines is 1. The molecule has 4 N–H and O–H groups in total. The fourth-order valence-corrected chi connectivity index (χ4v) is 3.03. The molecular weight excluding hydrogens is 334 g/mol. The van der Waals surface area contributed by atoms with Gasteiger partial charge in [0.2, 0.25) is 0 Å². The van der Waals surface area contributed by atoms with Crippen LogP contribution in [0.5, 0.6) is 5.75 Å². The molecule has 1 aliphatic carbocycles. The summed E-state index contributed by atoms with van der Waals surface area (Å²) in [6.07, 6.45) is 2.79. The minimum atomic E-state index is -0.336. The van der Waals surface area contributed by atoms with Crippen molar-refractivity contribution in [3.05, 3.63) is 40.7 Å². The second-order valence-corrected chi connectivity index (χ2v) is 6.57. The third kappa shape index (κ3) is 3.28. The van der Waals surface area contributed by atoms with E-state index in [1.807, 2.05) is 0 Å². The van der Waals surface area contributed by atoms with E-state index in [4.69, 9.17) is 4.74 Å². The second kappa shape index (κ2) is 6.80. The summed E-state index contributed by atoms with van der Waals surface area (Å²) in [6.45, 7) is 1.46. The SMILES string of the molecule is COc1ccc(NC(=O)c2n[nH]c3c2CNCC3)c(C(=O)NC2CC2)c1. The summed E-state index contributed by atoms with van der Waals surface area (Å²) in [4.78, 5) is 25.3. The van der Waals surface area contributed by atoms with E-state index < -0.39 is 0 Å². The standard InChI is InChI=1S/C18H21N5O3/c1-26-11-4-5-14(12(8-11)17(24)20-10-2-3-10)21-18(25)16-13-9-19-7-6-15(13)22-23-16/h4-5,8,10,19H,2-3,6-7,9H2,1H3,(H,20,24)(H,21,25)(H,22,23). The second-order valence-electron chi connectivity index (χ2n) is 6.57. The topological polar surface area (TPSA) is 108 Å². The molecule has 2 aromatic rings. The van der Waals surface area contributed by atoms with Gasteiger partial charge in [0.05, 0.1) is 18.4 Å². The lowest BCUT2D eigenvalue weighted by atomic mass is 10.1. The molecule has 136 valence electrons. The van der Waals surface area contributed by atoms with Crippen LogP contribution in [0.25, 0.3) is 0 Å². The molecule has 2 heterocycles. The highest BCUT2D eigenvalue weighted by atomic mass is 16.5. The summed E-state index contributed by atoms with van der Waals surface area (Å²) >= 11 is 0. The van der Waals surface area contributed by atoms with Crippen LogP contribution >= 0.6 is 0 Å². The van der Waals surface area contributed by atoms with Gasteiger partial charge in [0, 0.05) is 36.8 Å². The summed E-state index contributed by atoms with van der Waals surface area (Å²) < 4.78 is 5.21. The number of fused-ring (bicyclic) bond motifs is 1. The molecule has 0 saturated heterocycles. The fourth-order valence-electron chi connectivity index (χ4n) is 3.03. The first-order valence-corrected chi connectivity index (χ1v) is 8.73. The van der Waals surface area contributed by atoms with Gasteiger partial charge in [0.25, 0.3) is 11.8 Å². The molecule has 0 radical (unpaired) electrons. The highest BCUT2D eigenvalue weighted by molar-refractivity contribution is 6.09. The minimum Gasteiger partial charge on any atom is -0.497 e. The predicted octanol–water partition coefficient (Wildman–Crippen LogP) is 1.21. The lowest BCUT2D eigenvalue weighted by Gasteiger charge is -2.14. The minimum absolute atomic E-state index is 0.215. The van der Waals surface area contributed by atoms with Crippen molar-refractivity contribution in [2.75, 3.05) is 19.0 Å². The third-order valence-corrected chi connectivity index (χ3v) is 4.65. The van der Waals surface area contributed by atoms with Crippen molar-refractivity contribution >= 4 is 17.5 Å². The van der Waals surface area contributed by atoms with Crippen LogP contribution in [0.4, 0.5) is 5.69 Å². The number of rotatable bonds is 5. The van der Waals surface area contributed by atoms with Gasteiger partial charge in [0.15, 0.2) is 5.69 Å². The first-order valence-electron chi connectivity index (χ1n) is 8.73. The maximum Gasteiger partial charge on any atom is 0.276 e. The molecule has 1 aromatic carbocycles. The lowest BCUT2D eigenvalue weighted by Crippen LogP contribution is -2.28. The van der Waals surface area contributed by atoms with E-state index in [0.29, 0.717) is 29.2 Å². The quantitative estimate of drug-likeness (QED) is 0.645. The van der Waals surface area contributed by atoms with Crippen LogP contribution in [0, 0.1) is 0 Å². The Morgan fingerprint density at radius 3 is 2.88 bits per heavy atom. The van der Waals surface area contributed by atoms with E-state index in [1.54, 1.807) is 25.3 Å². The van der Waals surface area contributed by atoms with Crippen LogP contribution in [0.2, 0.25) is 0 Å². The van der Waals surface area contributed by atoms with E-state index in [9.17, 15) is 9.59 Å². The Hall–Kier alpha value is -2.87. The van der Waals surface area contributed by atoms with Gasteiger partial charge >= 0.3 is 0 Å². The first-order chi connectivity index (χ1) is 12.7. The molecule has 1 saturated carbocycles. The van der Waals surface area contributed by atoms with Gasteiger partial charge in [-0.2, -0.15) is 5.10 Å². The normalized spacial score (nSPS) is 15.9.